The molecule has 26 heavy (non-hydrogen) atoms. The Labute approximate surface area is 153 Å². The van der Waals surface area contributed by atoms with E-state index in [1.807, 2.05) is 13.8 Å². The van der Waals surface area contributed by atoms with Crippen LogP contribution in [-0.4, -0.2) is 76.9 Å². The minimum absolute atomic E-state index is 0.416. The molecule has 2 aliphatic rings. The molecule has 142 valence electrons. The van der Waals surface area contributed by atoms with Gasteiger partial charge in [0, 0.05) is 37.4 Å². The van der Waals surface area contributed by atoms with Gasteiger partial charge in [0.15, 0.2) is 0 Å². The van der Waals surface area contributed by atoms with Crippen molar-refractivity contribution < 1.29 is 13.2 Å². The van der Waals surface area contributed by atoms with Crippen molar-refractivity contribution in [2.24, 2.45) is 0 Å². The van der Waals surface area contributed by atoms with Crippen molar-refractivity contribution in [1.82, 2.24) is 23.9 Å². The van der Waals surface area contributed by atoms with E-state index in [4.69, 9.17) is 4.74 Å². The molecule has 0 unspecified atom stereocenters. The molecule has 9 nitrogen and oxygen atoms in total. The summed E-state index contributed by atoms with van der Waals surface area (Å²) in [5.74, 6) is 1.44. The van der Waals surface area contributed by atoms with Crippen LogP contribution in [0.4, 0.5) is 5.82 Å². The summed E-state index contributed by atoms with van der Waals surface area (Å²) in [5, 5.41) is 3.88. The molecular formula is C16H24N6O3S. The Hall–Kier alpha value is -1.78. The Balaban J connectivity index is 1.65. The maximum absolute atomic E-state index is 13.1. The van der Waals surface area contributed by atoms with Gasteiger partial charge in [-0.3, -0.25) is 0 Å². The number of hydrogen-bond acceptors (Lipinski definition) is 7. The van der Waals surface area contributed by atoms with Crippen LogP contribution in [-0.2, 0) is 14.8 Å². The van der Waals surface area contributed by atoms with Gasteiger partial charge in [-0.05, 0) is 26.7 Å². The number of fused-ring (bicyclic) bond motifs is 1. The summed E-state index contributed by atoms with van der Waals surface area (Å²) >= 11 is 0. The Morgan fingerprint density at radius 3 is 2.73 bits per heavy atom. The lowest BCUT2D eigenvalue weighted by Gasteiger charge is -2.37. The van der Waals surface area contributed by atoms with E-state index in [9.17, 15) is 8.42 Å². The number of sulfonamides is 1. The van der Waals surface area contributed by atoms with E-state index in [-0.39, 0.29) is 0 Å². The standard InChI is InChI=1S/C16H24N6O3S/c1-12-13(2)19-16-17-11-18-22(16)15(12)20-5-3-4-14(10-20)26(23,24)21-6-8-25-9-7-21/h11,14H,3-10H2,1-2H3/t14-/m1/s1. The SMILES string of the molecule is Cc1nc2ncnn2c(N2CCC[C@@H](S(=O)(=O)N3CCOCC3)C2)c1C. The van der Waals surface area contributed by atoms with Crippen molar-refractivity contribution in [3.8, 4) is 0 Å². The minimum atomic E-state index is -3.34. The van der Waals surface area contributed by atoms with E-state index < -0.39 is 15.3 Å². The molecule has 10 heteroatoms. The molecule has 0 amide bonds. The third-order valence-electron chi connectivity index (χ3n) is 5.31. The van der Waals surface area contributed by atoms with Crippen molar-refractivity contribution in [2.75, 3.05) is 44.3 Å². The fourth-order valence-electron chi connectivity index (χ4n) is 3.77. The van der Waals surface area contributed by atoms with Gasteiger partial charge >= 0.3 is 0 Å². The van der Waals surface area contributed by atoms with Crippen molar-refractivity contribution in [1.29, 1.82) is 0 Å². The normalized spacial score (nSPS) is 22.8. The second-order valence-corrected chi connectivity index (χ2v) is 9.10. The lowest BCUT2D eigenvalue weighted by atomic mass is 10.1. The summed E-state index contributed by atoms with van der Waals surface area (Å²) < 4.78 is 34.8. The third-order valence-corrected chi connectivity index (χ3v) is 7.62. The van der Waals surface area contributed by atoms with Crippen LogP contribution in [0.5, 0.6) is 0 Å². The summed E-state index contributed by atoms with van der Waals surface area (Å²) in [5.41, 5.74) is 1.89. The first kappa shape index (κ1) is 17.6. The molecule has 2 aromatic heterocycles. The number of piperidine rings is 1. The van der Waals surface area contributed by atoms with E-state index in [1.54, 1.807) is 8.82 Å². The summed E-state index contributed by atoms with van der Waals surface area (Å²) in [4.78, 5) is 10.8. The maximum atomic E-state index is 13.1. The number of anilines is 1. The van der Waals surface area contributed by atoms with Crippen molar-refractivity contribution >= 4 is 21.6 Å². The quantitative estimate of drug-likeness (QED) is 0.759. The Bertz CT molecular complexity index is 906. The fraction of sp³-hybridized carbons (Fsp3) is 0.688. The van der Waals surface area contributed by atoms with Gasteiger partial charge in [0.25, 0.3) is 5.78 Å². The molecule has 0 N–H and O–H groups in total. The zero-order chi connectivity index (χ0) is 18.3. The predicted molar refractivity (Wildman–Crippen MR) is 96.8 cm³/mol. The van der Waals surface area contributed by atoms with E-state index in [0.717, 1.165) is 30.0 Å². The summed E-state index contributed by atoms with van der Waals surface area (Å²) in [6, 6.07) is 0. The molecule has 0 bridgehead atoms. The zero-order valence-electron chi connectivity index (χ0n) is 15.1. The summed E-state index contributed by atoms with van der Waals surface area (Å²) in [6.45, 7) is 7.03. The van der Waals surface area contributed by atoms with Crippen LogP contribution in [0.15, 0.2) is 6.33 Å². The van der Waals surface area contributed by atoms with Gasteiger partial charge < -0.3 is 9.64 Å². The predicted octanol–water partition coefficient (Wildman–Crippen LogP) is 0.372. The van der Waals surface area contributed by atoms with Crippen LogP contribution >= 0.6 is 0 Å². The van der Waals surface area contributed by atoms with Gasteiger partial charge in [-0.15, -0.1) is 0 Å². The van der Waals surface area contributed by atoms with Gasteiger partial charge in [-0.2, -0.15) is 18.9 Å². The molecule has 4 rings (SSSR count). The fourth-order valence-corrected chi connectivity index (χ4v) is 5.68. The van der Waals surface area contributed by atoms with Gasteiger partial charge in [0.2, 0.25) is 10.0 Å². The molecule has 0 spiro atoms. The number of aromatic nitrogens is 4. The molecule has 2 saturated heterocycles. The van der Waals surface area contributed by atoms with Gasteiger partial charge in [0.1, 0.15) is 12.1 Å². The number of aryl methyl sites for hydroxylation is 1. The van der Waals surface area contributed by atoms with E-state index in [1.165, 1.54) is 6.33 Å². The first-order chi connectivity index (χ1) is 12.5. The van der Waals surface area contributed by atoms with E-state index in [2.05, 4.69) is 20.0 Å². The highest BCUT2D eigenvalue weighted by molar-refractivity contribution is 7.89. The lowest BCUT2D eigenvalue weighted by Crippen LogP contribution is -2.51. The second kappa shape index (κ2) is 6.75. The monoisotopic (exact) mass is 380 g/mol. The van der Waals surface area contributed by atoms with Crippen molar-refractivity contribution in [3.63, 3.8) is 0 Å². The molecule has 0 aromatic carbocycles. The van der Waals surface area contributed by atoms with Gasteiger partial charge in [-0.1, -0.05) is 0 Å². The zero-order valence-corrected chi connectivity index (χ0v) is 15.9. The highest BCUT2D eigenvalue weighted by atomic mass is 32.2. The van der Waals surface area contributed by atoms with Gasteiger partial charge in [0.05, 0.1) is 18.5 Å². The molecule has 4 heterocycles. The number of morpholine rings is 1. The first-order valence-electron chi connectivity index (χ1n) is 8.97. The van der Waals surface area contributed by atoms with Gasteiger partial charge in [-0.25, -0.2) is 13.4 Å². The average molecular weight is 380 g/mol. The molecule has 2 fully saturated rings. The van der Waals surface area contributed by atoms with Crippen molar-refractivity contribution in [2.45, 2.75) is 31.9 Å². The molecule has 0 radical (unpaired) electrons. The van der Waals surface area contributed by atoms with E-state index >= 15 is 0 Å². The summed E-state index contributed by atoms with van der Waals surface area (Å²) in [7, 11) is -3.34. The third kappa shape index (κ3) is 2.95. The largest absolute Gasteiger partial charge is 0.379 e. The lowest BCUT2D eigenvalue weighted by molar-refractivity contribution is 0.0725. The van der Waals surface area contributed by atoms with Crippen LogP contribution in [0.25, 0.3) is 5.78 Å². The van der Waals surface area contributed by atoms with Crippen LogP contribution in [0.2, 0.25) is 0 Å². The minimum Gasteiger partial charge on any atom is -0.379 e. The van der Waals surface area contributed by atoms with Crippen LogP contribution < -0.4 is 4.90 Å². The van der Waals surface area contributed by atoms with E-state index in [0.29, 0.717) is 45.0 Å². The Kier molecular flexibility index (Phi) is 4.57. The van der Waals surface area contributed by atoms with Crippen LogP contribution in [0.1, 0.15) is 24.1 Å². The van der Waals surface area contributed by atoms with Crippen LogP contribution in [0.3, 0.4) is 0 Å². The number of hydrogen-bond donors (Lipinski definition) is 0. The topological polar surface area (TPSA) is 92.9 Å². The first-order valence-corrected chi connectivity index (χ1v) is 10.5. The summed E-state index contributed by atoms with van der Waals surface area (Å²) in [6.07, 6.45) is 2.99. The molecular weight excluding hydrogens is 356 g/mol. The molecule has 0 aliphatic carbocycles. The Morgan fingerprint density at radius 1 is 1.19 bits per heavy atom. The molecule has 0 saturated carbocycles. The van der Waals surface area contributed by atoms with Crippen molar-refractivity contribution in [3.05, 3.63) is 17.6 Å². The maximum Gasteiger partial charge on any atom is 0.254 e. The molecule has 1 atom stereocenters. The Morgan fingerprint density at radius 2 is 1.96 bits per heavy atom. The number of nitrogens with zero attached hydrogens (tertiary/aromatic N) is 6. The molecule has 2 aliphatic heterocycles. The smallest absolute Gasteiger partial charge is 0.254 e. The highest BCUT2D eigenvalue weighted by Gasteiger charge is 2.37. The molecule has 2 aromatic rings. The van der Waals surface area contributed by atoms with Crippen LogP contribution in [0, 0.1) is 13.8 Å². The second-order valence-electron chi connectivity index (χ2n) is 6.88. The number of ether oxygens (including phenoxy) is 1. The number of rotatable bonds is 3. The average Bonchev–Trinajstić information content (AvgIpc) is 3.11. The highest BCUT2D eigenvalue weighted by Crippen LogP contribution is 2.28.